The van der Waals surface area contributed by atoms with Crippen LogP contribution in [0.5, 0.6) is 0 Å². The van der Waals surface area contributed by atoms with E-state index in [1.54, 1.807) is 12.1 Å². The molecule has 3 aromatic rings. The van der Waals surface area contributed by atoms with Gasteiger partial charge in [-0.05, 0) is 67.3 Å². The van der Waals surface area contributed by atoms with Crippen LogP contribution in [0.3, 0.4) is 0 Å². The van der Waals surface area contributed by atoms with Gasteiger partial charge in [0.25, 0.3) is 0 Å². The number of nitrogens with zero attached hydrogens (tertiary/aromatic N) is 2. The summed E-state index contributed by atoms with van der Waals surface area (Å²) >= 11 is 0. The van der Waals surface area contributed by atoms with Crippen LogP contribution in [0.25, 0.3) is 5.69 Å². The largest absolute Gasteiger partial charge is 0.318 e. The average Bonchev–Trinajstić information content (AvgIpc) is 2.87. The fourth-order valence-corrected chi connectivity index (χ4v) is 3.10. The SMILES string of the molecule is Cc1cc(C=Nc2ccc(F)cc2)c(C)n1-c1ccc(C(C)(C)C)cc1. The van der Waals surface area contributed by atoms with Crippen molar-refractivity contribution in [2.24, 2.45) is 4.99 Å². The van der Waals surface area contributed by atoms with E-state index in [1.807, 2.05) is 6.21 Å². The van der Waals surface area contributed by atoms with E-state index in [0.29, 0.717) is 0 Å². The van der Waals surface area contributed by atoms with E-state index in [1.165, 1.54) is 17.7 Å². The van der Waals surface area contributed by atoms with E-state index < -0.39 is 0 Å². The molecule has 0 atom stereocenters. The summed E-state index contributed by atoms with van der Waals surface area (Å²) in [7, 11) is 0. The van der Waals surface area contributed by atoms with Crippen LogP contribution in [-0.2, 0) is 5.41 Å². The summed E-state index contributed by atoms with van der Waals surface area (Å²) in [5.74, 6) is -0.249. The van der Waals surface area contributed by atoms with Gasteiger partial charge in [-0.25, -0.2) is 4.39 Å². The van der Waals surface area contributed by atoms with Gasteiger partial charge in [-0.3, -0.25) is 4.99 Å². The van der Waals surface area contributed by atoms with E-state index >= 15 is 0 Å². The molecule has 3 rings (SSSR count). The number of benzene rings is 2. The number of aliphatic imine (C=N–C) groups is 1. The Morgan fingerprint density at radius 2 is 1.54 bits per heavy atom. The van der Waals surface area contributed by atoms with Gasteiger partial charge >= 0.3 is 0 Å². The third kappa shape index (κ3) is 3.77. The highest BCUT2D eigenvalue weighted by Gasteiger charge is 2.14. The van der Waals surface area contributed by atoms with Gasteiger partial charge in [-0.15, -0.1) is 0 Å². The maximum atomic E-state index is 13.0. The summed E-state index contributed by atoms with van der Waals surface area (Å²) in [4.78, 5) is 4.47. The van der Waals surface area contributed by atoms with E-state index in [2.05, 4.69) is 74.5 Å². The predicted molar refractivity (Wildman–Crippen MR) is 108 cm³/mol. The topological polar surface area (TPSA) is 17.3 Å². The van der Waals surface area contributed by atoms with Crippen molar-refractivity contribution in [3.05, 3.63) is 82.9 Å². The normalized spacial score (nSPS) is 12.1. The quantitative estimate of drug-likeness (QED) is 0.496. The number of aryl methyl sites for hydroxylation is 1. The second kappa shape index (κ2) is 6.91. The van der Waals surface area contributed by atoms with Crippen molar-refractivity contribution in [3.8, 4) is 5.69 Å². The maximum Gasteiger partial charge on any atom is 0.123 e. The van der Waals surface area contributed by atoms with Crippen LogP contribution in [0.4, 0.5) is 10.1 Å². The molecule has 0 saturated heterocycles. The average molecular weight is 348 g/mol. The molecule has 0 spiro atoms. The van der Waals surface area contributed by atoms with Gasteiger partial charge in [0.15, 0.2) is 0 Å². The minimum atomic E-state index is -0.249. The molecule has 1 heterocycles. The van der Waals surface area contributed by atoms with Gasteiger partial charge in [-0.2, -0.15) is 0 Å². The van der Waals surface area contributed by atoms with Crippen LogP contribution in [0.1, 0.15) is 43.3 Å². The van der Waals surface area contributed by atoms with Gasteiger partial charge in [0.05, 0.1) is 5.69 Å². The number of hydrogen-bond acceptors (Lipinski definition) is 1. The minimum Gasteiger partial charge on any atom is -0.318 e. The number of halogens is 1. The number of aromatic nitrogens is 1. The molecule has 26 heavy (non-hydrogen) atoms. The Morgan fingerprint density at radius 1 is 0.923 bits per heavy atom. The highest BCUT2D eigenvalue weighted by Crippen LogP contribution is 2.25. The summed E-state index contributed by atoms with van der Waals surface area (Å²) in [6.07, 6.45) is 1.84. The third-order valence-electron chi connectivity index (χ3n) is 4.64. The fourth-order valence-electron chi connectivity index (χ4n) is 3.10. The highest BCUT2D eigenvalue weighted by molar-refractivity contribution is 5.84. The minimum absolute atomic E-state index is 0.145. The number of hydrogen-bond donors (Lipinski definition) is 0. The van der Waals surface area contributed by atoms with Crippen molar-refractivity contribution in [3.63, 3.8) is 0 Å². The standard InChI is InChI=1S/C23H25FN2/c1-16-14-18(15-25-21-10-8-20(24)9-11-21)17(2)26(16)22-12-6-19(7-13-22)23(3,4)5/h6-15H,1-5H3. The van der Waals surface area contributed by atoms with E-state index in [4.69, 9.17) is 0 Å². The molecule has 1 aromatic heterocycles. The Balaban J connectivity index is 1.92. The van der Waals surface area contributed by atoms with Crippen molar-refractivity contribution < 1.29 is 4.39 Å². The van der Waals surface area contributed by atoms with Crippen molar-refractivity contribution in [2.45, 2.75) is 40.0 Å². The summed E-state index contributed by atoms with van der Waals surface area (Å²) in [6, 6.07) is 17.1. The summed E-state index contributed by atoms with van der Waals surface area (Å²) < 4.78 is 15.2. The molecule has 0 aliphatic heterocycles. The van der Waals surface area contributed by atoms with Crippen molar-refractivity contribution in [1.29, 1.82) is 0 Å². The second-order valence-corrected chi connectivity index (χ2v) is 7.69. The van der Waals surface area contributed by atoms with Crippen molar-refractivity contribution in [1.82, 2.24) is 4.57 Å². The first-order chi connectivity index (χ1) is 12.3. The van der Waals surface area contributed by atoms with E-state index in [-0.39, 0.29) is 11.2 Å². The lowest BCUT2D eigenvalue weighted by Gasteiger charge is -2.20. The molecule has 0 radical (unpaired) electrons. The van der Waals surface area contributed by atoms with Crippen LogP contribution in [0.15, 0.2) is 59.6 Å². The molecule has 2 aromatic carbocycles. The Kier molecular flexibility index (Phi) is 4.82. The lowest BCUT2D eigenvalue weighted by atomic mass is 9.87. The molecule has 0 bridgehead atoms. The Bertz CT molecular complexity index is 924. The van der Waals surface area contributed by atoms with Crippen LogP contribution < -0.4 is 0 Å². The highest BCUT2D eigenvalue weighted by atomic mass is 19.1. The Hall–Kier alpha value is -2.68. The summed E-state index contributed by atoms with van der Waals surface area (Å²) in [6.45, 7) is 10.9. The first kappa shape index (κ1) is 18.1. The van der Waals surface area contributed by atoms with Gasteiger partial charge in [0.1, 0.15) is 5.82 Å². The molecule has 0 fully saturated rings. The molecular weight excluding hydrogens is 323 g/mol. The first-order valence-corrected chi connectivity index (χ1v) is 8.85. The Labute approximate surface area is 155 Å². The first-order valence-electron chi connectivity index (χ1n) is 8.85. The van der Waals surface area contributed by atoms with Gasteiger partial charge in [0.2, 0.25) is 0 Å². The summed E-state index contributed by atoms with van der Waals surface area (Å²) in [5, 5.41) is 0. The smallest absolute Gasteiger partial charge is 0.123 e. The Morgan fingerprint density at radius 3 is 2.12 bits per heavy atom. The molecule has 2 nitrogen and oxygen atoms in total. The zero-order valence-electron chi connectivity index (χ0n) is 16.0. The molecule has 0 aliphatic rings. The van der Waals surface area contributed by atoms with Crippen molar-refractivity contribution in [2.75, 3.05) is 0 Å². The third-order valence-corrected chi connectivity index (χ3v) is 4.64. The predicted octanol–water partition coefficient (Wildman–Crippen LogP) is 6.28. The van der Waals surface area contributed by atoms with E-state index in [9.17, 15) is 4.39 Å². The molecular formula is C23H25FN2. The molecule has 3 heteroatoms. The van der Waals surface area contributed by atoms with E-state index in [0.717, 1.165) is 28.3 Å². The van der Waals surface area contributed by atoms with Crippen LogP contribution in [-0.4, -0.2) is 10.8 Å². The second-order valence-electron chi connectivity index (χ2n) is 7.69. The molecule has 0 unspecified atom stereocenters. The molecule has 0 aliphatic carbocycles. The van der Waals surface area contributed by atoms with Gasteiger partial charge < -0.3 is 4.57 Å². The molecule has 0 N–H and O–H groups in total. The monoisotopic (exact) mass is 348 g/mol. The van der Waals surface area contributed by atoms with Crippen LogP contribution >= 0.6 is 0 Å². The van der Waals surface area contributed by atoms with Crippen LogP contribution in [0.2, 0.25) is 0 Å². The zero-order chi connectivity index (χ0) is 18.9. The molecule has 134 valence electrons. The molecule has 0 saturated carbocycles. The molecule has 0 amide bonds. The van der Waals surface area contributed by atoms with Crippen molar-refractivity contribution >= 4 is 11.9 Å². The van der Waals surface area contributed by atoms with Gasteiger partial charge in [0, 0.05) is 28.9 Å². The van der Waals surface area contributed by atoms with Crippen LogP contribution in [0, 0.1) is 19.7 Å². The fraction of sp³-hybridized carbons (Fsp3) is 0.261. The lowest BCUT2D eigenvalue weighted by Crippen LogP contribution is -2.11. The lowest BCUT2D eigenvalue weighted by molar-refractivity contribution is 0.590. The maximum absolute atomic E-state index is 13.0. The summed E-state index contributed by atoms with van der Waals surface area (Å²) in [5.41, 5.74) is 6.71. The van der Waals surface area contributed by atoms with Gasteiger partial charge in [-0.1, -0.05) is 32.9 Å². The number of rotatable bonds is 3. The zero-order valence-corrected chi connectivity index (χ0v) is 16.0.